The Morgan fingerprint density at radius 2 is 1.94 bits per heavy atom. The number of ether oxygens (including phenoxy) is 2. The monoisotopic (exact) mass is 263 g/mol. The highest BCUT2D eigenvalue weighted by atomic mass is 35.5. The minimum atomic E-state index is 0.336. The Morgan fingerprint density at radius 1 is 1.18 bits per heavy atom. The molecule has 0 aliphatic heterocycles. The first-order valence-electron chi connectivity index (χ1n) is 6.66. The molecule has 0 saturated heterocycles. The molecule has 1 aliphatic carbocycles. The van der Waals surface area contributed by atoms with Gasteiger partial charge in [-0.1, -0.05) is 12.8 Å². The number of methoxy groups -OCH3 is 1. The first-order valence-corrected chi connectivity index (χ1v) is 7.10. The molecule has 1 aliphatic rings. The molecule has 0 aromatic heterocycles. The van der Waals surface area contributed by atoms with E-state index in [9.17, 15) is 0 Å². The largest absolute Gasteiger partial charge is 0.382 e. The van der Waals surface area contributed by atoms with E-state index >= 15 is 0 Å². The molecule has 0 aromatic carbocycles. The molecule has 1 fully saturated rings. The van der Waals surface area contributed by atoms with Crippen LogP contribution < -0.4 is 0 Å². The normalized spacial score (nSPS) is 25.4. The Morgan fingerprint density at radius 3 is 2.65 bits per heavy atom. The van der Waals surface area contributed by atoms with Gasteiger partial charge < -0.3 is 14.4 Å². The molecule has 1 saturated carbocycles. The molecule has 3 nitrogen and oxygen atoms in total. The predicted octanol–water partition coefficient (Wildman–Crippen LogP) is 2.52. The summed E-state index contributed by atoms with van der Waals surface area (Å²) in [5, 5.41) is 0.336. The predicted molar refractivity (Wildman–Crippen MR) is 71.8 cm³/mol. The highest BCUT2D eigenvalue weighted by molar-refractivity contribution is 6.21. The first-order chi connectivity index (χ1) is 8.25. The van der Waals surface area contributed by atoms with Crippen LogP contribution in [0.2, 0.25) is 0 Å². The summed E-state index contributed by atoms with van der Waals surface area (Å²) in [6.45, 7) is 3.26. The zero-order valence-electron chi connectivity index (χ0n) is 11.2. The Balaban J connectivity index is 2.05. The third-order valence-corrected chi connectivity index (χ3v) is 3.95. The maximum absolute atomic E-state index is 6.37. The van der Waals surface area contributed by atoms with Crippen molar-refractivity contribution in [3.8, 4) is 0 Å². The second-order valence-electron chi connectivity index (χ2n) is 4.81. The lowest BCUT2D eigenvalue weighted by Crippen LogP contribution is -2.41. The second-order valence-corrected chi connectivity index (χ2v) is 5.37. The quantitative estimate of drug-likeness (QED) is 0.496. The number of hydrogen-bond acceptors (Lipinski definition) is 3. The second kappa shape index (κ2) is 9.15. The van der Waals surface area contributed by atoms with Gasteiger partial charge in [-0.25, -0.2) is 0 Å². The van der Waals surface area contributed by atoms with E-state index in [0.717, 1.165) is 19.6 Å². The number of hydrogen-bond donors (Lipinski definition) is 0. The van der Waals surface area contributed by atoms with Gasteiger partial charge in [0.25, 0.3) is 0 Å². The SMILES string of the molecule is COCCOCCCN(C)C1CCCCC1Cl. The van der Waals surface area contributed by atoms with E-state index in [-0.39, 0.29) is 0 Å². The zero-order valence-corrected chi connectivity index (χ0v) is 11.9. The van der Waals surface area contributed by atoms with Crippen molar-refractivity contribution >= 4 is 11.6 Å². The van der Waals surface area contributed by atoms with Crippen LogP contribution in [0.5, 0.6) is 0 Å². The Hall–Kier alpha value is 0.170. The van der Waals surface area contributed by atoms with Gasteiger partial charge in [-0.3, -0.25) is 0 Å². The Kier molecular flexibility index (Phi) is 8.19. The van der Waals surface area contributed by atoms with Gasteiger partial charge in [0.1, 0.15) is 0 Å². The minimum Gasteiger partial charge on any atom is -0.382 e. The topological polar surface area (TPSA) is 21.7 Å². The molecule has 1 rings (SSSR count). The third kappa shape index (κ3) is 6.05. The first kappa shape index (κ1) is 15.2. The molecular formula is C13H26ClNO2. The molecule has 4 heteroatoms. The summed E-state index contributed by atoms with van der Waals surface area (Å²) in [7, 11) is 3.88. The Bertz CT molecular complexity index is 192. The molecule has 0 heterocycles. The van der Waals surface area contributed by atoms with Crippen molar-refractivity contribution in [2.75, 3.05) is 40.5 Å². The summed E-state index contributed by atoms with van der Waals surface area (Å²) in [5.74, 6) is 0. The van der Waals surface area contributed by atoms with Gasteiger partial charge in [-0.2, -0.15) is 0 Å². The summed E-state index contributed by atoms with van der Waals surface area (Å²) < 4.78 is 10.4. The van der Waals surface area contributed by atoms with Crippen LogP contribution in [0.4, 0.5) is 0 Å². The van der Waals surface area contributed by atoms with E-state index in [2.05, 4.69) is 11.9 Å². The average molecular weight is 264 g/mol. The number of nitrogens with zero attached hydrogens (tertiary/aromatic N) is 1. The van der Waals surface area contributed by atoms with Crippen molar-refractivity contribution in [2.45, 2.75) is 43.5 Å². The van der Waals surface area contributed by atoms with Crippen molar-refractivity contribution in [1.82, 2.24) is 4.90 Å². The van der Waals surface area contributed by atoms with E-state index in [1.165, 1.54) is 25.7 Å². The molecule has 0 radical (unpaired) electrons. The summed E-state index contributed by atoms with van der Waals surface area (Å²) in [4.78, 5) is 2.40. The molecule has 102 valence electrons. The molecule has 17 heavy (non-hydrogen) atoms. The lowest BCUT2D eigenvalue weighted by Gasteiger charge is -2.34. The highest BCUT2D eigenvalue weighted by Gasteiger charge is 2.25. The van der Waals surface area contributed by atoms with Crippen LogP contribution in [0.15, 0.2) is 0 Å². The zero-order chi connectivity index (χ0) is 12.5. The van der Waals surface area contributed by atoms with Crippen LogP contribution in [0.25, 0.3) is 0 Å². The average Bonchev–Trinajstić information content (AvgIpc) is 2.34. The summed E-state index contributed by atoms with van der Waals surface area (Å²) in [6, 6.07) is 0.560. The van der Waals surface area contributed by atoms with Gasteiger partial charge in [0.15, 0.2) is 0 Å². The number of halogens is 1. The molecule has 0 spiro atoms. The van der Waals surface area contributed by atoms with E-state index in [1.807, 2.05) is 0 Å². The third-order valence-electron chi connectivity index (χ3n) is 3.44. The van der Waals surface area contributed by atoms with Crippen molar-refractivity contribution in [2.24, 2.45) is 0 Å². The summed E-state index contributed by atoms with van der Waals surface area (Å²) in [5.41, 5.74) is 0. The van der Waals surface area contributed by atoms with Crippen molar-refractivity contribution < 1.29 is 9.47 Å². The molecule has 2 unspecified atom stereocenters. The molecule has 0 aromatic rings. The van der Waals surface area contributed by atoms with Crippen molar-refractivity contribution in [1.29, 1.82) is 0 Å². The van der Waals surface area contributed by atoms with Gasteiger partial charge in [0.2, 0.25) is 0 Å². The minimum absolute atomic E-state index is 0.336. The fraction of sp³-hybridized carbons (Fsp3) is 1.00. The molecule has 0 bridgehead atoms. The van der Waals surface area contributed by atoms with Crippen LogP contribution in [0.3, 0.4) is 0 Å². The standard InChI is InChI=1S/C13H26ClNO2/c1-15(8-5-9-17-11-10-16-2)13-7-4-3-6-12(13)14/h12-13H,3-11H2,1-2H3. The van der Waals surface area contributed by atoms with Gasteiger partial charge >= 0.3 is 0 Å². The van der Waals surface area contributed by atoms with Crippen molar-refractivity contribution in [3.63, 3.8) is 0 Å². The van der Waals surface area contributed by atoms with Gasteiger partial charge in [-0.15, -0.1) is 11.6 Å². The molecule has 0 amide bonds. The lowest BCUT2D eigenvalue weighted by atomic mass is 9.94. The molecule has 2 atom stereocenters. The van der Waals surface area contributed by atoms with Crippen LogP contribution >= 0.6 is 11.6 Å². The Labute approximate surface area is 110 Å². The number of rotatable bonds is 8. The van der Waals surface area contributed by atoms with Crippen molar-refractivity contribution in [3.05, 3.63) is 0 Å². The van der Waals surface area contributed by atoms with E-state index < -0.39 is 0 Å². The molecular weight excluding hydrogens is 238 g/mol. The van der Waals surface area contributed by atoms with Gasteiger partial charge in [-0.05, 0) is 26.3 Å². The van der Waals surface area contributed by atoms with E-state index in [1.54, 1.807) is 7.11 Å². The van der Waals surface area contributed by atoms with Gasteiger partial charge in [0.05, 0.1) is 13.2 Å². The summed E-state index contributed by atoms with van der Waals surface area (Å²) >= 11 is 6.37. The van der Waals surface area contributed by atoms with Crippen LogP contribution in [-0.4, -0.2) is 56.8 Å². The van der Waals surface area contributed by atoms with Crippen LogP contribution in [0.1, 0.15) is 32.1 Å². The van der Waals surface area contributed by atoms with Crippen LogP contribution in [0, 0.1) is 0 Å². The van der Waals surface area contributed by atoms with E-state index in [4.69, 9.17) is 21.1 Å². The number of alkyl halides is 1. The fourth-order valence-corrected chi connectivity index (χ4v) is 2.86. The lowest BCUT2D eigenvalue weighted by molar-refractivity contribution is 0.0634. The fourth-order valence-electron chi connectivity index (χ4n) is 2.39. The molecule has 0 N–H and O–H groups in total. The summed E-state index contributed by atoms with van der Waals surface area (Å²) in [6.07, 6.45) is 6.09. The highest BCUT2D eigenvalue weighted by Crippen LogP contribution is 2.26. The van der Waals surface area contributed by atoms with E-state index in [0.29, 0.717) is 24.6 Å². The van der Waals surface area contributed by atoms with Crippen LogP contribution in [-0.2, 0) is 9.47 Å². The maximum atomic E-state index is 6.37. The van der Waals surface area contributed by atoms with Gasteiger partial charge in [0, 0.05) is 31.7 Å². The maximum Gasteiger partial charge on any atom is 0.0700 e. The smallest absolute Gasteiger partial charge is 0.0700 e.